The molecule has 0 aliphatic rings. The zero-order chi connectivity index (χ0) is 19.9. The minimum Gasteiger partial charge on any atom is -0.372 e. The molecule has 0 unspecified atom stereocenters. The maximum absolute atomic E-state index is 12.7. The van der Waals surface area contributed by atoms with E-state index >= 15 is 0 Å². The van der Waals surface area contributed by atoms with Gasteiger partial charge in [-0.15, -0.1) is 0 Å². The third-order valence-corrected chi connectivity index (χ3v) is 4.73. The van der Waals surface area contributed by atoms with Gasteiger partial charge >= 0.3 is 0 Å². The molecule has 1 rings (SSSR count). The molecule has 5 heteroatoms. The van der Waals surface area contributed by atoms with E-state index in [9.17, 15) is 9.59 Å². The zero-order valence-electron chi connectivity index (χ0n) is 17.4. The Balaban J connectivity index is 2.80. The maximum atomic E-state index is 12.7. The van der Waals surface area contributed by atoms with E-state index < -0.39 is 5.41 Å². The lowest BCUT2D eigenvalue weighted by Gasteiger charge is -2.25. The lowest BCUT2D eigenvalue weighted by Crippen LogP contribution is -2.45. The molecule has 0 aliphatic carbocycles. The highest BCUT2D eigenvalue weighted by molar-refractivity contribution is 6.10. The van der Waals surface area contributed by atoms with Crippen molar-refractivity contribution in [1.29, 1.82) is 0 Å². The van der Waals surface area contributed by atoms with Gasteiger partial charge in [-0.05, 0) is 70.7 Å². The van der Waals surface area contributed by atoms with E-state index in [0.717, 1.165) is 36.4 Å². The molecule has 146 valence electrons. The molecule has 1 aromatic rings. The van der Waals surface area contributed by atoms with Crippen LogP contribution in [-0.4, -0.2) is 31.4 Å². The van der Waals surface area contributed by atoms with E-state index in [1.54, 1.807) is 13.8 Å². The Morgan fingerprint density at radius 2 is 1.73 bits per heavy atom. The van der Waals surface area contributed by atoms with Crippen LogP contribution in [0.1, 0.15) is 53.5 Å². The van der Waals surface area contributed by atoms with Crippen molar-refractivity contribution in [1.82, 2.24) is 5.32 Å². The lowest BCUT2D eigenvalue weighted by atomic mass is 9.90. The molecule has 0 aliphatic heterocycles. The standard InChI is InChI=1S/C21H35N3O2/c1-8-24(9-2)17-10-11-18(16(5)14-17)23-20(26)21(6,7)19(25)22-13-12-15(3)4/h10-11,14-15H,8-9,12-13H2,1-7H3,(H,22,25)(H,23,26). The van der Waals surface area contributed by atoms with Crippen molar-refractivity contribution in [3.8, 4) is 0 Å². The van der Waals surface area contributed by atoms with Crippen LogP contribution in [0.4, 0.5) is 11.4 Å². The third kappa shape index (κ3) is 5.75. The molecule has 26 heavy (non-hydrogen) atoms. The fourth-order valence-corrected chi connectivity index (χ4v) is 2.65. The summed E-state index contributed by atoms with van der Waals surface area (Å²) in [4.78, 5) is 27.3. The van der Waals surface area contributed by atoms with Crippen molar-refractivity contribution in [3.63, 3.8) is 0 Å². The monoisotopic (exact) mass is 361 g/mol. The van der Waals surface area contributed by atoms with Gasteiger partial charge in [-0.25, -0.2) is 0 Å². The quantitative estimate of drug-likeness (QED) is 0.654. The topological polar surface area (TPSA) is 61.4 Å². The highest BCUT2D eigenvalue weighted by atomic mass is 16.2. The molecule has 0 spiro atoms. The SMILES string of the molecule is CCN(CC)c1ccc(NC(=O)C(C)(C)C(=O)NCCC(C)C)c(C)c1. The number of anilines is 2. The first-order chi connectivity index (χ1) is 12.1. The molecule has 0 atom stereocenters. The van der Waals surface area contributed by atoms with Gasteiger partial charge in [-0.1, -0.05) is 13.8 Å². The fourth-order valence-electron chi connectivity index (χ4n) is 2.65. The van der Waals surface area contributed by atoms with Crippen LogP contribution in [0.25, 0.3) is 0 Å². The summed E-state index contributed by atoms with van der Waals surface area (Å²) in [6.07, 6.45) is 0.898. The van der Waals surface area contributed by atoms with Crippen molar-refractivity contribution in [2.45, 2.75) is 54.9 Å². The second-order valence-electron chi connectivity index (χ2n) is 7.69. The molecule has 0 radical (unpaired) electrons. The summed E-state index contributed by atoms with van der Waals surface area (Å²) < 4.78 is 0. The van der Waals surface area contributed by atoms with Crippen LogP contribution in [0.3, 0.4) is 0 Å². The molecule has 0 saturated carbocycles. The Bertz CT molecular complexity index is 620. The van der Waals surface area contributed by atoms with Crippen molar-refractivity contribution >= 4 is 23.2 Å². The second kappa shape index (κ2) is 9.60. The van der Waals surface area contributed by atoms with Crippen molar-refractivity contribution in [2.24, 2.45) is 11.3 Å². The summed E-state index contributed by atoms with van der Waals surface area (Å²) in [6, 6.07) is 5.98. The molecule has 0 heterocycles. The van der Waals surface area contributed by atoms with Gasteiger partial charge in [0.1, 0.15) is 5.41 Å². The number of carbonyl (C=O) groups is 2. The summed E-state index contributed by atoms with van der Waals surface area (Å²) in [6.45, 7) is 16.2. The van der Waals surface area contributed by atoms with E-state index in [0.29, 0.717) is 12.5 Å². The summed E-state index contributed by atoms with van der Waals surface area (Å²) in [7, 11) is 0. The van der Waals surface area contributed by atoms with E-state index in [-0.39, 0.29) is 11.8 Å². The van der Waals surface area contributed by atoms with Gasteiger partial charge < -0.3 is 15.5 Å². The first-order valence-corrected chi connectivity index (χ1v) is 9.58. The number of hydrogen-bond donors (Lipinski definition) is 2. The first kappa shape index (κ1) is 22.0. The number of aryl methyl sites for hydroxylation is 1. The number of amides is 2. The first-order valence-electron chi connectivity index (χ1n) is 9.58. The van der Waals surface area contributed by atoms with Gasteiger partial charge in [0.2, 0.25) is 11.8 Å². The molecule has 2 N–H and O–H groups in total. The average molecular weight is 362 g/mol. The van der Waals surface area contributed by atoms with Crippen LogP contribution in [0.5, 0.6) is 0 Å². The smallest absolute Gasteiger partial charge is 0.239 e. The van der Waals surface area contributed by atoms with Crippen molar-refractivity contribution in [3.05, 3.63) is 23.8 Å². The normalized spacial score (nSPS) is 11.4. The number of nitrogens with one attached hydrogen (secondary N) is 2. The number of rotatable bonds is 9. The molecular weight excluding hydrogens is 326 g/mol. The minimum atomic E-state index is -1.12. The van der Waals surface area contributed by atoms with Crippen LogP contribution in [-0.2, 0) is 9.59 Å². The third-order valence-electron chi connectivity index (χ3n) is 4.73. The summed E-state index contributed by atoms with van der Waals surface area (Å²) >= 11 is 0. The molecule has 0 fully saturated rings. The zero-order valence-corrected chi connectivity index (χ0v) is 17.4. The van der Waals surface area contributed by atoms with Crippen LogP contribution >= 0.6 is 0 Å². The summed E-state index contributed by atoms with van der Waals surface area (Å²) in [5.74, 6) is -0.0227. The van der Waals surface area contributed by atoms with Crippen LogP contribution < -0.4 is 15.5 Å². The minimum absolute atomic E-state index is 0.243. The number of nitrogens with zero attached hydrogens (tertiary/aromatic N) is 1. The molecule has 2 amide bonds. The van der Waals surface area contributed by atoms with E-state index in [4.69, 9.17) is 0 Å². The number of benzene rings is 1. The van der Waals surface area contributed by atoms with Crippen LogP contribution in [0.15, 0.2) is 18.2 Å². The lowest BCUT2D eigenvalue weighted by molar-refractivity contribution is -0.138. The van der Waals surface area contributed by atoms with Crippen molar-refractivity contribution < 1.29 is 9.59 Å². The van der Waals surface area contributed by atoms with E-state index in [1.165, 1.54) is 0 Å². The van der Waals surface area contributed by atoms with E-state index in [2.05, 4.69) is 49.3 Å². The Morgan fingerprint density at radius 3 is 2.23 bits per heavy atom. The molecule has 5 nitrogen and oxygen atoms in total. The van der Waals surface area contributed by atoms with Crippen LogP contribution in [0.2, 0.25) is 0 Å². The Hall–Kier alpha value is -2.04. The Morgan fingerprint density at radius 1 is 1.12 bits per heavy atom. The van der Waals surface area contributed by atoms with Gasteiger partial charge in [0.25, 0.3) is 0 Å². The average Bonchev–Trinajstić information content (AvgIpc) is 2.57. The number of hydrogen-bond acceptors (Lipinski definition) is 3. The van der Waals surface area contributed by atoms with Gasteiger partial charge in [0.05, 0.1) is 0 Å². The largest absolute Gasteiger partial charge is 0.372 e. The van der Waals surface area contributed by atoms with Gasteiger partial charge in [-0.3, -0.25) is 9.59 Å². The predicted octanol–water partition coefficient (Wildman–Crippen LogP) is 3.97. The summed E-state index contributed by atoms with van der Waals surface area (Å²) in [5, 5.41) is 5.78. The van der Waals surface area contributed by atoms with Gasteiger partial charge in [0, 0.05) is 31.0 Å². The maximum Gasteiger partial charge on any atom is 0.239 e. The highest BCUT2D eigenvalue weighted by Crippen LogP contribution is 2.25. The summed E-state index contributed by atoms with van der Waals surface area (Å²) in [5.41, 5.74) is 1.74. The van der Waals surface area contributed by atoms with Crippen LogP contribution in [0, 0.1) is 18.3 Å². The Kier molecular flexibility index (Phi) is 8.12. The molecule has 0 bridgehead atoms. The predicted molar refractivity (Wildman–Crippen MR) is 110 cm³/mol. The van der Waals surface area contributed by atoms with Crippen molar-refractivity contribution in [2.75, 3.05) is 29.9 Å². The Labute approximate surface area is 158 Å². The fraction of sp³-hybridized carbons (Fsp3) is 0.619. The van der Waals surface area contributed by atoms with Gasteiger partial charge in [-0.2, -0.15) is 0 Å². The second-order valence-corrected chi connectivity index (χ2v) is 7.69. The molecular formula is C21H35N3O2. The highest BCUT2D eigenvalue weighted by Gasteiger charge is 2.36. The number of carbonyl (C=O) groups excluding carboxylic acids is 2. The molecule has 0 saturated heterocycles. The van der Waals surface area contributed by atoms with E-state index in [1.807, 2.05) is 19.1 Å². The molecule has 1 aromatic carbocycles. The molecule has 0 aromatic heterocycles. The van der Waals surface area contributed by atoms with Gasteiger partial charge in [0.15, 0.2) is 0 Å².